The molecule has 0 saturated carbocycles. The van der Waals surface area contributed by atoms with Gasteiger partial charge in [0.05, 0.1) is 11.3 Å². The van der Waals surface area contributed by atoms with Crippen molar-refractivity contribution in [3.8, 4) is 0 Å². The molecule has 2 rings (SSSR count). The molecule has 2 heterocycles. The lowest BCUT2D eigenvalue weighted by Crippen LogP contribution is -2.40. The summed E-state index contributed by atoms with van der Waals surface area (Å²) in [5.74, 6) is 0.800. The van der Waals surface area contributed by atoms with Crippen molar-refractivity contribution in [2.75, 3.05) is 45.6 Å². The van der Waals surface area contributed by atoms with Crippen molar-refractivity contribution in [2.45, 2.75) is 19.8 Å². The zero-order chi connectivity index (χ0) is 15.2. The van der Waals surface area contributed by atoms with Gasteiger partial charge in [-0.05, 0) is 45.8 Å². The van der Waals surface area contributed by atoms with Gasteiger partial charge in [-0.15, -0.1) is 0 Å². The normalized spacial score (nSPS) is 16.3. The molecule has 1 aliphatic rings. The maximum atomic E-state index is 12.7. The van der Waals surface area contributed by atoms with E-state index in [2.05, 4.69) is 29.3 Å². The summed E-state index contributed by atoms with van der Waals surface area (Å²) >= 11 is 0. The molecule has 21 heavy (non-hydrogen) atoms. The van der Waals surface area contributed by atoms with Crippen molar-refractivity contribution in [3.05, 3.63) is 24.0 Å². The van der Waals surface area contributed by atoms with Gasteiger partial charge in [0.15, 0.2) is 0 Å². The zero-order valence-electron chi connectivity index (χ0n) is 13.3. The first-order valence-corrected chi connectivity index (χ1v) is 7.73. The molecule has 1 N–H and O–H groups in total. The number of piperidine rings is 1. The van der Waals surface area contributed by atoms with Crippen LogP contribution in [0.4, 0.5) is 5.69 Å². The molecule has 5 nitrogen and oxygen atoms in total. The first kappa shape index (κ1) is 15.8. The Morgan fingerprint density at radius 3 is 2.76 bits per heavy atom. The summed E-state index contributed by atoms with van der Waals surface area (Å²) in [6.45, 7) is 5.63. The van der Waals surface area contributed by atoms with E-state index in [9.17, 15) is 4.79 Å². The molecule has 116 valence electrons. The molecule has 0 spiro atoms. The number of hydrogen-bond acceptors (Lipinski definition) is 4. The number of carbonyl (C=O) groups excluding carboxylic acids is 1. The summed E-state index contributed by atoms with van der Waals surface area (Å²) in [5, 5.41) is 3.24. The number of amides is 1. The largest absolute Gasteiger partial charge is 0.385 e. The summed E-state index contributed by atoms with van der Waals surface area (Å²) in [4.78, 5) is 21.0. The number of hydrogen-bond donors (Lipinski definition) is 1. The summed E-state index contributed by atoms with van der Waals surface area (Å²) in [7, 11) is 4.21. The first-order chi connectivity index (χ1) is 10.1. The maximum absolute atomic E-state index is 12.7. The Kier molecular flexibility index (Phi) is 5.56. The highest BCUT2D eigenvalue weighted by atomic mass is 16.2. The van der Waals surface area contributed by atoms with Crippen LogP contribution < -0.4 is 5.32 Å². The molecule has 1 aromatic rings. The molecule has 1 fully saturated rings. The van der Waals surface area contributed by atoms with Gasteiger partial charge in [0.2, 0.25) is 0 Å². The molecule has 1 amide bonds. The topological polar surface area (TPSA) is 48.5 Å². The van der Waals surface area contributed by atoms with E-state index in [1.165, 1.54) is 0 Å². The van der Waals surface area contributed by atoms with Gasteiger partial charge in [-0.1, -0.05) is 0 Å². The van der Waals surface area contributed by atoms with E-state index in [0.717, 1.165) is 44.7 Å². The third kappa shape index (κ3) is 4.17. The number of nitrogens with one attached hydrogen (secondary N) is 1. The van der Waals surface area contributed by atoms with Crippen LogP contribution in [0.1, 0.15) is 30.1 Å². The Labute approximate surface area is 127 Å². The average Bonchev–Trinajstić information content (AvgIpc) is 2.48. The molecular formula is C16H26N4O. The lowest BCUT2D eigenvalue weighted by atomic mass is 9.96. The molecule has 0 aliphatic carbocycles. The van der Waals surface area contributed by atoms with Crippen LogP contribution in [0.2, 0.25) is 0 Å². The maximum Gasteiger partial charge on any atom is 0.257 e. The van der Waals surface area contributed by atoms with Crippen LogP contribution in [0, 0.1) is 5.92 Å². The molecule has 1 aliphatic heterocycles. The highest BCUT2D eigenvalue weighted by molar-refractivity contribution is 5.99. The van der Waals surface area contributed by atoms with Crippen LogP contribution in [-0.4, -0.2) is 61.0 Å². The quantitative estimate of drug-likeness (QED) is 0.900. The van der Waals surface area contributed by atoms with Crippen LogP contribution in [0.15, 0.2) is 18.5 Å². The van der Waals surface area contributed by atoms with Crippen LogP contribution in [0.5, 0.6) is 0 Å². The average molecular weight is 290 g/mol. The highest BCUT2D eigenvalue weighted by Crippen LogP contribution is 2.22. The van der Waals surface area contributed by atoms with Gasteiger partial charge < -0.3 is 15.1 Å². The number of nitrogens with zero attached hydrogens (tertiary/aromatic N) is 3. The fourth-order valence-electron chi connectivity index (χ4n) is 2.91. The Balaban J connectivity index is 1.99. The van der Waals surface area contributed by atoms with E-state index in [0.29, 0.717) is 11.5 Å². The van der Waals surface area contributed by atoms with E-state index in [-0.39, 0.29) is 5.91 Å². The third-order valence-electron chi connectivity index (χ3n) is 3.94. The highest BCUT2D eigenvalue weighted by Gasteiger charge is 2.25. The Bertz CT molecular complexity index is 467. The number of pyridine rings is 1. The number of likely N-dealkylation sites (tertiary alicyclic amines) is 1. The van der Waals surface area contributed by atoms with Crippen molar-refractivity contribution in [1.29, 1.82) is 0 Å². The summed E-state index contributed by atoms with van der Waals surface area (Å²) in [6, 6.07) is 1.87. The van der Waals surface area contributed by atoms with Crippen LogP contribution in [-0.2, 0) is 0 Å². The van der Waals surface area contributed by atoms with Gasteiger partial charge in [0.25, 0.3) is 5.91 Å². The summed E-state index contributed by atoms with van der Waals surface area (Å²) in [6.07, 6.45) is 5.56. The number of anilines is 1. The van der Waals surface area contributed by atoms with Crippen molar-refractivity contribution < 1.29 is 4.79 Å². The second-order valence-electron chi connectivity index (χ2n) is 5.95. The minimum Gasteiger partial charge on any atom is -0.385 e. The van der Waals surface area contributed by atoms with Gasteiger partial charge >= 0.3 is 0 Å². The molecular weight excluding hydrogens is 264 g/mol. The van der Waals surface area contributed by atoms with E-state index in [4.69, 9.17) is 0 Å². The SMILES string of the molecule is CCNc1ccncc1C(=O)N1CCC(CN(C)C)CC1. The predicted molar refractivity (Wildman–Crippen MR) is 85.6 cm³/mol. The third-order valence-corrected chi connectivity index (χ3v) is 3.94. The fourth-order valence-corrected chi connectivity index (χ4v) is 2.91. The van der Waals surface area contributed by atoms with E-state index in [1.807, 2.05) is 17.9 Å². The van der Waals surface area contributed by atoms with Gasteiger partial charge in [-0.25, -0.2) is 0 Å². The van der Waals surface area contributed by atoms with Gasteiger partial charge in [0.1, 0.15) is 0 Å². The molecule has 1 saturated heterocycles. The molecule has 5 heteroatoms. The monoisotopic (exact) mass is 290 g/mol. The minimum absolute atomic E-state index is 0.0994. The first-order valence-electron chi connectivity index (χ1n) is 7.73. The molecule has 0 aromatic carbocycles. The minimum atomic E-state index is 0.0994. The van der Waals surface area contributed by atoms with E-state index in [1.54, 1.807) is 12.4 Å². The molecule has 0 unspecified atom stereocenters. The van der Waals surface area contributed by atoms with Crippen LogP contribution >= 0.6 is 0 Å². The fraction of sp³-hybridized carbons (Fsp3) is 0.625. The van der Waals surface area contributed by atoms with Crippen molar-refractivity contribution in [2.24, 2.45) is 5.92 Å². The van der Waals surface area contributed by atoms with Gasteiger partial charge in [0, 0.05) is 38.6 Å². The Morgan fingerprint density at radius 1 is 1.43 bits per heavy atom. The lowest BCUT2D eigenvalue weighted by Gasteiger charge is -2.33. The number of carbonyl (C=O) groups is 1. The Hall–Kier alpha value is -1.62. The second kappa shape index (κ2) is 7.41. The molecule has 1 aromatic heterocycles. The second-order valence-corrected chi connectivity index (χ2v) is 5.95. The summed E-state index contributed by atoms with van der Waals surface area (Å²) in [5.41, 5.74) is 1.57. The zero-order valence-corrected chi connectivity index (χ0v) is 13.3. The standard InChI is InChI=1S/C16H26N4O/c1-4-18-15-5-8-17-11-14(15)16(21)20-9-6-13(7-10-20)12-19(2)3/h5,8,11,13H,4,6-7,9-10,12H2,1-3H3,(H,17,18). The van der Waals surface area contributed by atoms with Gasteiger partial charge in [-0.3, -0.25) is 9.78 Å². The van der Waals surface area contributed by atoms with Crippen molar-refractivity contribution in [3.63, 3.8) is 0 Å². The van der Waals surface area contributed by atoms with Crippen LogP contribution in [0.25, 0.3) is 0 Å². The van der Waals surface area contributed by atoms with Crippen molar-refractivity contribution >= 4 is 11.6 Å². The summed E-state index contributed by atoms with van der Waals surface area (Å²) < 4.78 is 0. The van der Waals surface area contributed by atoms with E-state index >= 15 is 0 Å². The van der Waals surface area contributed by atoms with Crippen molar-refractivity contribution in [1.82, 2.24) is 14.8 Å². The smallest absolute Gasteiger partial charge is 0.257 e. The molecule has 0 bridgehead atoms. The lowest BCUT2D eigenvalue weighted by molar-refractivity contribution is 0.0678. The van der Waals surface area contributed by atoms with E-state index < -0.39 is 0 Å². The number of rotatable bonds is 5. The molecule has 0 radical (unpaired) electrons. The Morgan fingerprint density at radius 2 is 2.14 bits per heavy atom. The molecule has 0 atom stereocenters. The number of aromatic nitrogens is 1. The van der Waals surface area contributed by atoms with Crippen LogP contribution in [0.3, 0.4) is 0 Å². The predicted octanol–water partition coefficient (Wildman–Crippen LogP) is 1.93. The van der Waals surface area contributed by atoms with Gasteiger partial charge in [-0.2, -0.15) is 0 Å².